The lowest BCUT2D eigenvalue weighted by molar-refractivity contribution is 0.0950. The molecule has 8 nitrogen and oxygen atoms in total. The molecule has 1 aliphatic rings. The fraction of sp³-hybridized carbons (Fsp3) is 0.368. The molecule has 1 saturated heterocycles. The van der Waals surface area contributed by atoms with E-state index < -0.39 is 0 Å². The number of aromatic nitrogens is 4. The minimum Gasteiger partial charge on any atom is -0.391 e. The van der Waals surface area contributed by atoms with E-state index in [4.69, 9.17) is 0 Å². The third kappa shape index (κ3) is 3.48. The van der Waals surface area contributed by atoms with Gasteiger partial charge >= 0.3 is 0 Å². The van der Waals surface area contributed by atoms with Crippen LogP contribution < -0.4 is 10.2 Å². The molecule has 4 rings (SSSR count). The van der Waals surface area contributed by atoms with Gasteiger partial charge in [0.25, 0.3) is 5.91 Å². The van der Waals surface area contributed by atoms with Crippen LogP contribution in [0.15, 0.2) is 30.6 Å². The molecular formula is C19H22N6O2. The zero-order chi connectivity index (χ0) is 19.0. The summed E-state index contributed by atoms with van der Waals surface area (Å²) in [5.74, 6) is 0.636. The molecule has 1 amide bonds. The van der Waals surface area contributed by atoms with Crippen LogP contribution in [-0.2, 0) is 13.6 Å². The minimum absolute atomic E-state index is 0.178. The first kappa shape index (κ1) is 17.4. The quantitative estimate of drug-likeness (QED) is 0.720. The zero-order valence-electron chi connectivity index (χ0n) is 15.4. The van der Waals surface area contributed by atoms with E-state index in [1.165, 1.54) is 0 Å². The van der Waals surface area contributed by atoms with E-state index >= 15 is 0 Å². The van der Waals surface area contributed by atoms with E-state index in [1.807, 2.05) is 24.6 Å². The van der Waals surface area contributed by atoms with Gasteiger partial charge in [-0.2, -0.15) is 0 Å². The van der Waals surface area contributed by atoms with Gasteiger partial charge in [0.1, 0.15) is 0 Å². The highest BCUT2D eigenvalue weighted by Gasteiger charge is 2.24. The third-order valence-corrected chi connectivity index (χ3v) is 4.83. The van der Waals surface area contributed by atoms with Crippen LogP contribution in [0, 0.1) is 6.92 Å². The maximum absolute atomic E-state index is 12.5. The fourth-order valence-electron chi connectivity index (χ4n) is 3.32. The van der Waals surface area contributed by atoms with Crippen LogP contribution in [0.1, 0.15) is 28.2 Å². The summed E-state index contributed by atoms with van der Waals surface area (Å²) in [4.78, 5) is 27.6. The number of carbonyl (C=O) groups excluding carboxylic acids is 1. The number of aryl methyl sites for hydroxylation is 2. The molecule has 2 N–H and O–H groups in total. The summed E-state index contributed by atoms with van der Waals surface area (Å²) >= 11 is 0. The summed E-state index contributed by atoms with van der Waals surface area (Å²) in [5, 5.41) is 12.6. The van der Waals surface area contributed by atoms with Crippen LogP contribution in [0.5, 0.6) is 0 Å². The van der Waals surface area contributed by atoms with Gasteiger partial charge in [-0.05, 0) is 31.5 Å². The van der Waals surface area contributed by atoms with Crippen molar-refractivity contribution in [1.82, 2.24) is 24.8 Å². The molecule has 1 aromatic carbocycles. The second-order valence-electron chi connectivity index (χ2n) is 6.89. The molecule has 0 radical (unpaired) electrons. The maximum Gasteiger partial charge on any atom is 0.251 e. The van der Waals surface area contributed by atoms with Gasteiger partial charge in [-0.1, -0.05) is 0 Å². The number of rotatable bonds is 4. The van der Waals surface area contributed by atoms with Crippen LogP contribution in [-0.4, -0.2) is 49.7 Å². The minimum atomic E-state index is -0.309. The number of aliphatic hydroxyl groups excluding tert-OH is 1. The van der Waals surface area contributed by atoms with Crippen molar-refractivity contribution in [2.45, 2.75) is 26.0 Å². The molecule has 1 aliphatic heterocycles. The summed E-state index contributed by atoms with van der Waals surface area (Å²) in [7, 11) is 1.95. The van der Waals surface area contributed by atoms with Crippen molar-refractivity contribution in [2.75, 3.05) is 18.0 Å². The number of imidazole rings is 1. The van der Waals surface area contributed by atoms with Crippen molar-refractivity contribution in [3.63, 3.8) is 0 Å². The fourth-order valence-corrected chi connectivity index (χ4v) is 3.32. The Balaban J connectivity index is 1.52. The Bertz CT molecular complexity index is 982. The number of aliphatic hydroxyl groups is 1. The number of anilines is 1. The van der Waals surface area contributed by atoms with Crippen molar-refractivity contribution in [1.29, 1.82) is 0 Å². The molecule has 1 fully saturated rings. The third-order valence-electron chi connectivity index (χ3n) is 4.83. The van der Waals surface area contributed by atoms with E-state index in [0.717, 1.165) is 35.6 Å². The molecule has 3 heterocycles. The molecular weight excluding hydrogens is 344 g/mol. The number of hydrogen-bond donors (Lipinski definition) is 2. The largest absolute Gasteiger partial charge is 0.391 e. The van der Waals surface area contributed by atoms with Crippen LogP contribution >= 0.6 is 0 Å². The topological polar surface area (TPSA) is 96.2 Å². The Kier molecular flexibility index (Phi) is 4.49. The number of hydrogen-bond acceptors (Lipinski definition) is 6. The van der Waals surface area contributed by atoms with Crippen molar-refractivity contribution in [3.8, 4) is 0 Å². The summed E-state index contributed by atoms with van der Waals surface area (Å²) in [6, 6.07) is 5.49. The Morgan fingerprint density at radius 1 is 1.33 bits per heavy atom. The van der Waals surface area contributed by atoms with Gasteiger partial charge in [-0.25, -0.2) is 4.98 Å². The number of amides is 1. The Morgan fingerprint density at radius 3 is 2.89 bits per heavy atom. The molecule has 0 spiro atoms. The number of nitrogens with zero attached hydrogens (tertiary/aromatic N) is 5. The lowest BCUT2D eigenvalue weighted by Crippen LogP contribution is -2.24. The zero-order valence-corrected chi connectivity index (χ0v) is 15.4. The second-order valence-corrected chi connectivity index (χ2v) is 6.89. The summed E-state index contributed by atoms with van der Waals surface area (Å²) in [5.41, 5.74) is 3.81. The van der Waals surface area contributed by atoms with Gasteiger partial charge in [-0.15, -0.1) is 0 Å². The van der Waals surface area contributed by atoms with E-state index in [1.54, 1.807) is 24.5 Å². The average molecular weight is 366 g/mol. The maximum atomic E-state index is 12.5. The van der Waals surface area contributed by atoms with Crippen molar-refractivity contribution >= 4 is 22.9 Å². The molecule has 0 unspecified atom stereocenters. The molecule has 8 heteroatoms. The predicted octanol–water partition coefficient (Wildman–Crippen LogP) is 1.17. The lowest BCUT2D eigenvalue weighted by atomic mass is 10.2. The molecule has 0 bridgehead atoms. The van der Waals surface area contributed by atoms with Crippen molar-refractivity contribution in [3.05, 3.63) is 47.5 Å². The highest BCUT2D eigenvalue weighted by molar-refractivity contribution is 5.97. The number of nitrogens with one attached hydrogen (secondary N) is 1. The highest BCUT2D eigenvalue weighted by atomic mass is 16.3. The number of benzene rings is 1. The number of carbonyl (C=O) groups is 1. The Hall–Kier alpha value is -3.00. The van der Waals surface area contributed by atoms with Crippen LogP contribution in [0.2, 0.25) is 0 Å². The first-order valence-electron chi connectivity index (χ1n) is 8.96. The van der Waals surface area contributed by atoms with Crippen LogP contribution in [0.3, 0.4) is 0 Å². The first-order valence-corrected chi connectivity index (χ1v) is 8.96. The monoisotopic (exact) mass is 366 g/mol. The SMILES string of the molecule is Cc1cnc(CNC(=O)c2ccc3c(c2)nc(N2CC[C@H](O)C2)n3C)cn1. The Morgan fingerprint density at radius 2 is 2.19 bits per heavy atom. The first-order chi connectivity index (χ1) is 13.0. The Labute approximate surface area is 156 Å². The molecule has 1 atom stereocenters. The van der Waals surface area contributed by atoms with Gasteiger partial charge in [0, 0.05) is 31.9 Å². The summed E-state index contributed by atoms with van der Waals surface area (Å²) in [6.45, 7) is 3.56. The van der Waals surface area contributed by atoms with Gasteiger partial charge in [0.15, 0.2) is 0 Å². The standard InChI is InChI=1S/C19H22N6O2/c1-12-8-21-14(9-20-12)10-22-18(27)13-3-4-17-16(7-13)23-19(24(17)2)25-6-5-15(26)11-25/h3-4,7-9,15,26H,5-6,10-11H2,1-2H3,(H,22,27)/t15-/m0/s1. The molecule has 0 aliphatic carbocycles. The van der Waals surface area contributed by atoms with Crippen LogP contribution in [0.4, 0.5) is 5.95 Å². The average Bonchev–Trinajstić information content (AvgIpc) is 3.24. The van der Waals surface area contributed by atoms with E-state index in [9.17, 15) is 9.90 Å². The number of fused-ring (bicyclic) bond motifs is 1. The molecule has 2 aromatic heterocycles. The van der Waals surface area contributed by atoms with E-state index in [0.29, 0.717) is 24.3 Å². The molecule has 3 aromatic rings. The number of β-amino-alcohol motifs (C(OH)–C–C–N with tert-alkyl or cyclic N) is 1. The van der Waals surface area contributed by atoms with Crippen LogP contribution in [0.25, 0.3) is 11.0 Å². The smallest absolute Gasteiger partial charge is 0.251 e. The van der Waals surface area contributed by atoms with E-state index in [2.05, 4.69) is 25.2 Å². The van der Waals surface area contributed by atoms with Gasteiger partial charge in [0.2, 0.25) is 5.95 Å². The summed E-state index contributed by atoms with van der Waals surface area (Å²) in [6.07, 6.45) is 3.78. The van der Waals surface area contributed by atoms with Crippen molar-refractivity contribution in [2.24, 2.45) is 7.05 Å². The molecule has 140 valence electrons. The predicted molar refractivity (Wildman–Crippen MR) is 101 cm³/mol. The highest BCUT2D eigenvalue weighted by Crippen LogP contribution is 2.25. The van der Waals surface area contributed by atoms with Gasteiger partial charge in [0.05, 0.1) is 41.3 Å². The van der Waals surface area contributed by atoms with E-state index in [-0.39, 0.29) is 12.0 Å². The van der Waals surface area contributed by atoms with Gasteiger partial charge in [-0.3, -0.25) is 14.8 Å². The summed E-state index contributed by atoms with van der Waals surface area (Å²) < 4.78 is 2.00. The molecule has 0 saturated carbocycles. The van der Waals surface area contributed by atoms with Crippen molar-refractivity contribution < 1.29 is 9.90 Å². The second kappa shape index (κ2) is 6.96. The normalized spacial score (nSPS) is 16.9. The molecule has 27 heavy (non-hydrogen) atoms. The lowest BCUT2D eigenvalue weighted by Gasteiger charge is -2.16. The van der Waals surface area contributed by atoms with Gasteiger partial charge < -0.3 is 19.9 Å².